The van der Waals surface area contributed by atoms with Crippen LogP contribution in [0.25, 0.3) is 11.4 Å². The average molecular weight is 367 g/mol. The van der Waals surface area contributed by atoms with Gasteiger partial charge < -0.3 is 9.88 Å². The highest BCUT2D eigenvalue weighted by Crippen LogP contribution is 2.28. The maximum Gasteiger partial charge on any atom is 0.276 e. The minimum absolute atomic E-state index is 0.184. The van der Waals surface area contributed by atoms with Crippen molar-refractivity contribution < 1.29 is 13.6 Å². The van der Waals surface area contributed by atoms with Crippen LogP contribution in [0.15, 0.2) is 48.5 Å². The highest BCUT2D eigenvalue weighted by atomic mass is 19.2. The first-order valence-electron chi connectivity index (χ1n) is 9.05. The molecule has 1 aromatic heterocycles. The van der Waals surface area contributed by atoms with Gasteiger partial charge in [0.05, 0.1) is 11.4 Å². The molecule has 4 rings (SSSR count). The lowest BCUT2D eigenvalue weighted by Crippen LogP contribution is -2.16. The Labute approximate surface area is 155 Å². The summed E-state index contributed by atoms with van der Waals surface area (Å²) >= 11 is 0. The van der Waals surface area contributed by atoms with E-state index < -0.39 is 17.5 Å². The van der Waals surface area contributed by atoms with E-state index in [1.165, 1.54) is 12.1 Å². The van der Waals surface area contributed by atoms with E-state index in [2.05, 4.69) is 14.9 Å². The molecule has 0 saturated carbocycles. The zero-order valence-electron chi connectivity index (χ0n) is 14.7. The molecule has 6 heteroatoms. The van der Waals surface area contributed by atoms with Crippen LogP contribution in [0.1, 0.15) is 35.4 Å². The number of fused-ring (bicyclic) bond motifs is 1. The molecule has 0 saturated heterocycles. The van der Waals surface area contributed by atoms with Crippen molar-refractivity contribution in [3.05, 3.63) is 71.6 Å². The summed E-state index contributed by atoms with van der Waals surface area (Å²) in [5.41, 5.74) is 1.87. The van der Waals surface area contributed by atoms with Gasteiger partial charge in [-0.25, -0.2) is 13.8 Å². The number of aromatic nitrogens is 2. The first-order chi connectivity index (χ1) is 13.1. The Morgan fingerprint density at radius 1 is 1.00 bits per heavy atom. The first kappa shape index (κ1) is 17.4. The Morgan fingerprint density at radius 2 is 1.81 bits per heavy atom. The summed E-state index contributed by atoms with van der Waals surface area (Å²) in [6, 6.07) is 13.4. The van der Waals surface area contributed by atoms with Crippen LogP contribution in [0.4, 0.5) is 14.5 Å². The van der Waals surface area contributed by atoms with Gasteiger partial charge in [0.25, 0.3) is 5.91 Å². The Hall–Kier alpha value is -3.02. The van der Waals surface area contributed by atoms with Crippen molar-refractivity contribution in [2.24, 2.45) is 0 Å². The molecule has 2 aromatic carbocycles. The molecule has 0 fully saturated rings. The fraction of sp³-hybridized carbons (Fsp3) is 0.238. The van der Waals surface area contributed by atoms with Crippen molar-refractivity contribution in [2.45, 2.75) is 32.2 Å². The van der Waals surface area contributed by atoms with E-state index in [-0.39, 0.29) is 11.4 Å². The Morgan fingerprint density at radius 3 is 2.63 bits per heavy atom. The summed E-state index contributed by atoms with van der Waals surface area (Å²) < 4.78 is 29.5. The minimum atomic E-state index is -1.07. The van der Waals surface area contributed by atoms with Crippen LogP contribution in [0.2, 0.25) is 0 Å². The second kappa shape index (κ2) is 7.31. The predicted molar refractivity (Wildman–Crippen MR) is 99.5 cm³/mol. The van der Waals surface area contributed by atoms with Gasteiger partial charge in [0.1, 0.15) is 11.5 Å². The Balaban J connectivity index is 1.75. The lowest BCUT2D eigenvalue weighted by Gasteiger charge is -2.09. The van der Waals surface area contributed by atoms with Crippen LogP contribution in [0.3, 0.4) is 0 Å². The van der Waals surface area contributed by atoms with Crippen LogP contribution >= 0.6 is 0 Å². The van der Waals surface area contributed by atoms with Gasteiger partial charge in [-0.15, -0.1) is 0 Å². The molecule has 1 N–H and O–H groups in total. The second-order valence-corrected chi connectivity index (χ2v) is 6.61. The smallest absolute Gasteiger partial charge is 0.276 e. The number of anilines is 1. The van der Waals surface area contributed by atoms with Gasteiger partial charge in [-0.05, 0) is 31.4 Å². The molecule has 27 heavy (non-hydrogen) atoms. The molecule has 0 bridgehead atoms. The summed E-state index contributed by atoms with van der Waals surface area (Å²) in [7, 11) is 0. The van der Waals surface area contributed by atoms with Gasteiger partial charge in [-0.3, -0.25) is 4.79 Å². The second-order valence-electron chi connectivity index (χ2n) is 6.61. The van der Waals surface area contributed by atoms with Gasteiger partial charge in [0, 0.05) is 12.1 Å². The number of rotatable bonds is 3. The molecule has 0 unspecified atom stereocenters. The van der Waals surface area contributed by atoms with Crippen LogP contribution < -0.4 is 5.32 Å². The molecular weight excluding hydrogens is 348 g/mol. The maximum atomic E-state index is 13.9. The maximum absolute atomic E-state index is 13.9. The number of hydrogen-bond donors (Lipinski definition) is 1. The summed E-state index contributed by atoms with van der Waals surface area (Å²) in [6.45, 7) is 0.786. The Kier molecular flexibility index (Phi) is 4.71. The fourth-order valence-corrected chi connectivity index (χ4v) is 3.49. The van der Waals surface area contributed by atoms with Crippen LogP contribution in [-0.2, 0) is 13.0 Å². The molecular formula is C21H19F2N3O. The highest BCUT2D eigenvalue weighted by Gasteiger charge is 2.25. The number of benzene rings is 2. The molecule has 2 heterocycles. The van der Waals surface area contributed by atoms with E-state index in [9.17, 15) is 13.6 Å². The molecule has 3 aromatic rings. The highest BCUT2D eigenvalue weighted by molar-refractivity contribution is 6.04. The number of nitrogens with zero attached hydrogens (tertiary/aromatic N) is 2. The first-order valence-corrected chi connectivity index (χ1v) is 9.05. The van der Waals surface area contributed by atoms with Crippen LogP contribution in [-0.4, -0.2) is 15.5 Å². The average Bonchev–Trinajstić information content (AvgIpc) is 2.87. The van der Waals surface area contributed by atoms with Crippen LogP contribution in [0, 0.1) is 11.6 Å². The number of imidazole rings is 1. The van der Waals surface area contributed by atoms with Gasteiger partial charge in [0.2, 0.25) is 0 Å². The SMILES string of the molecule is O=C(Nc1cccc(F)c1F)c1nc(-c2ccccc2)n2c1CCCCC2. The van der Waals surface area contributed by atoms with E-state index in [0.717, 1.165) is 55.4 Å². The summed E-state index contributed by atoms with van der Waals surface area (Å²) in [5.74, 6) is -1.86. The largest absolute Gasteiger partial charge is 0.327 e. The van der Waals surface area contributed by atoms with Gasteiger partial charge in [-0.1, -0.05) is 42.8 Å². The van der Waals surface area contributed by atoms with Crippen molar-refractivity contribution in [1.82, 2.24) is 9.55 Å². The van der Waals surface area contributed by atoms with Crippen molar-refractivity contribution in [2.75, 3.05) is 5.32 Å². The number of carbonyl (C=O) groups excluding carboxylic acids is 1. The molecule has 0 atom stereocenters. The molecule has 0 radical (unpaired) electrons. The Bertz CT molecular complexity index is 983. The number of amides is 1. The molecule has 1 aliphatic heterocycles. The minimum Gasteiger partial charge on any atom is -0.327 e. The van der Waals surface area contributed by atoms with Crippen molar-refractivity contribution in [3.8, 4) is 11.4 Å². The lowest BCUT2D eigenvalue weighted by atomic mass is 10.1. The van der Waals surface area contributed by atoms with Gasteiger partial charge in [0.15, 0.2) is 11.6 Å². The number of carbonyl (C=O) groups is 1. The van der Waals surface area contributed by atoms with Crippen molar-refractivity contribution in [3.63, 3.8) is 0 Å². The van der Waals surface area contributed by atoms with E-state index in [1.807, 2.05) is 30.3 Å². The topological polar surface area (TPSA) is 46.9 Å². The zero-order valence-corrected chi connectivity index (χ0v) is 14.7. The number of hydrogen-bond acceptors (Lipinski definition) is 2. The number of halogens is 2. The summed E-state index contributed by atoms with van der Waals surface area (Å²) in [6.07, 6.45) is 3.79. The van der Waals surface area contributed by atoms with E-state index in [4.69, 9.17) is 0 Å². The normalized spacial score (nSPS) is 13.7. The quantitative estimate of drug-likeness (QED) is 0.722. The third-order valence-corrected chi connectivity index (χ3v) is 4.81. The van der Waals surface area contributed by atoms with Crippen LogP contribution in [0.5, 0.6) is 0 Å². The fourth-order valence-electron chi connectivity index (χ4n) is 3.49. The molecule has 0 spiro atoms. The monoisotopic (exact) mass is 367 g/mol. The molecule has 138 valence electrons. The molecule has 0 aliphatic carbocycles. The third-order valence-electron chi connectivity index (χ3n) is 4.81. The van der Waals surface area contributed by atoms with Gasteiger partial charge in [-0.2, -0.15) is 0 Å². The van der Waals surface area contributed by atoms with E-state index in [0.29, 0.717) is 0 Å². The standard InChI is InChI=1S/C21H19F2N3O/c22-15-10-7-11-16(18(15)23)24-21(27)19-17-12-5-2-6-13-26(17)20(25-19)14-8-3-1-4-9-14/h1,3-4,7-11H,2,5-6,12-13H2,(H,24,27). The van der Waals surface area contributed by atoms with Gasteiger partial charge >= 0.3 is 0 Å². The van der Waals surface area contributed by atoms with E-state index >= 15 is 0 Å². The number of nitrogens with one attached hydrogen (secondary N) is 1. The van der Waals surface area contributed by atoms with E-state index in [1.54, 1.807) is 0 Å². The third kappa shape index (κ3) is 3.35. The molecule has 1 aliphatic rings. The summed E-state index contributed by atoms with van der Waals surface area (Å²) in [5, 5.41) is 2.47. The van der Waals surface area contributed by atoms with Crippen molar-refractivity contribution >= 4 is 11.6 Å². The molecule has 4 nitrogen and oxygen atoms in total. The predicted octanol–water partition coefficient (Wildman–Crippen LogP) is 4.81. The summed E-state index contributed by atoms with van der Waals surface area (Å²) in [4.78, 5) is 17.4. The molecule has 1 amide bonds. The zero-order chi connectivity index (χ0) is 18.8. The lowest BCUT2D eigenvalue weighted by molar-refractivity contribution is 0.102. The van der Waals surface area contributed by atoms with Crippen molar-refractivity contribution in [1.29, 1.82) is 0 Å².